The lowest BCUT2D eigenvalue weighted by atomic mass is 10.2. The Labute approximate surface area is 159 Å². The van der Waals surface area contributed by atoms with E-state index in [0.717, 1.165) is 22.8 Å². The Hall–Kier alpha value is -2.38. The molecule has 0 aliphatic rings. The molecule has 0 fully saturated rings. The van der Waals surface area contributed by atoms with E-state index in [-0.39, 0.29) is 11.7 Å². The third kappa shape index (κ3) is 4.83. The zero-order valence-electron chi connectivity index (χ0n) is 14.1. The SMILES string of the molecule is COc1ccccc1C(=O)Nc1nc(CSCc2ccc(F)cc2)cs1. The molecule has 2 aromatic carbocycles. The van der Waals surface area contributed by atoms with Crippen molar-refractivity contribution in [3.63, 3.8) is 0 Å². The first-order valence-electron chi connectivity index (χ1n) is 7.86. The van der Waals surface area contributed by atoms with E-state index in [0.29, 0.717) is 16.4 Å². The number of nitrogens with zero attached hydrogens (tertiary/aromatic N) is 1. The highest BCUT2D eigenvalue weighted by Gasteiger charge is 2.13. The number of benzene rings is 2. The second kappa shape index (κ2) is 8.82. The highest BCUT2D eigenvalue weighted by Crippen LogP contribution is 2.24. The quantitative estimate of drug-likeness (QED) is 0.620. The molecular formula is C19H17FN2O2S2. The van der Waals surface area contributed by atoms with Crippen molar-refractivity contribution in [1.82, 2.24) is 4.98 Å². The number of halogens is 1. The van der Waals surface area contributed by atoms with Crippen LogP contribution in [0, 0.1) is 5.82 Å². The summed E-state index contributed by atoms with van der Waals surface area (Å²) in [5.41, 5.74) is 2.44. The molecule has 0 unspecified atom stereocenters. The van der Waals surface area contributed by atoms with Crippen molar-refractivity contribution >= 4 is 34.1 Å². The van der Waals surface area contributed by atoms with Gasteiger partial charge in [0.15, 0.2) is 5.13 Å². The number of aromatic nitrogens is 1. The minimum absolute atomic E-state index is 0.228. The van der Waals surface area contributed by atoms with Gasteiger partial charge in [0.25, 0.3) is 5.91 Å². The van der Waals surface area contributed by atoms with E-state index in [1.807, 2.05) is 11.4 Å². The molecule has 134 valence electrons. The summed E-state index contributed by atoms with van der Waals surface area (Å²) in [4.78, 5) is 16.8. The number of carbonyl (C=O) groups is 1. The van der Waals surface area contributed by atoms with Gasteiger partial charge in [0.05, 0.1) is 18.4 Å². The fraction of sp³-hybridized carbons (Fsp3) is 0.158. The molecule has 0 radical (unpaired) electrons. The molecule has 3 rings (SSSR count). The zero-order valence-corrected chi connectivity index (χ0v) is 15.7. The van der Waals surface area contributed by atoms with Crippen molar-refractivity contribution in [2.24, 2.45) is 0 Å². The van der Waals surface area contributed by atoms with Crippen LogP contribution in [0.3, 0.4) is 0 Å². The molecule has 4 nitrogen and oxygen atoms in total. The van der Waals surface area contributed by atoms with Gasteiger partial charge in [-0.25, -0.2) is 9.37 Å². The van der Waals surface area contributed by atoms with Gasteiger partial charge < -0.3 is 4.74 Å². The lowest BCUT2D eigenvalue weighted by molar-refractivity contribution is 0.102. The van der Waals surface area contributed by atoms with E-state index >= 15 is 0 Å². The first kappa shape index (κ1) is 18.4. The molecule has 1 aromatic heterocycles. The number of nitrogens with one attached hydrogen (secondary N) is 1. The van der Waals surface area contributed by atoms with Crippen molar-refractivity contribution in [2.45, 2.75) is 11.5 Å². The maximum absolute atomic E-state index is 12.9. The second-order valence-electron chi connectivity index (χ2n) is 5.42. The number of carbonyl (C=O) groups excluding carboxylic acids is 1. The third-order valence-electron chi connectivity index (χ3n) is 3.56. The molecule has 0 saturated heterocycles. The van der Waals surface area contributed by atoms with Gasteiger partial charge in [0.2, 0.25) is 0 Å². The van der Waals surface area contributed by atoms with Crippen LogP contribution in [0.4, 0.5) is 9.52 Å². The van der Waals surface area contributed by atoms with E-state index in [1.165, 1.54) is 30.6 Å². The van der Waals surface area contributed by atoms with Gasteiger partial charge in [-0.15, -0.1) is 11.3 Å². The van der Waals surface area contributed by atoms with Gasteiger partial charge in [0, 0.05) is 16.9 Å². The topological polar surface area (TPSA) is 51.2 Å². The van der Waals surface area contributed by atoms with Crippen LogP contribution in [-0.2, 0) is 11.5 Å². The molecule has 0 spiro atoms. The number of amides is 1. The molecule has 1 N–H and O–H groups in total. The van der Waals surface area contributed by atoms with E-state index in [1.54, 1.807) is 42.1 Å². The standard InChI is InChI=1S/C19H17FN2O2S2/c1-24-17-5-3-2-4-16(17)18(23)22-19-21-15(12-26-19)11-25-10-13-6-8-14(20)9-7-13/h2-9,12H,10-11H2,1H3,(H,21,22,23). The number of anilines is 1. The molecule has 0 bridgehead atoms. The Morgan fingerprint density at radius 2 is 1.96 bits per heavy atom. The summed E-state index contributed by atoms with van der Waals surface area (Å²) >= 11 is 3.08. The molecule has 1 amide bonds. The number of rotatable bonds is 7. The first-order valence-corrected chi connectivity index (χ1v) is 9.90. The molecule has 0 saturated carbocycles. The van der Waals surface area contributed by atoms with Gasteiger partial charge in [-0.3, -0.25) is 10.1 Å². The number of thiazole rings is 1. The van der Waals surface area contributed by atoms with Gasteiger partial charge in [0.1, 0.15) is 11.6 Å². The van der Waals surface area contributed by atoms with Crippen molar-refractivity contribution in [2.75, 3.05) is 12.4 Å². The Kier molecular flexibility index (Phi) is 6.25. The molecule has 7 heteroatoms. The minimum Gasteiger partial charge on any atom is -0.496 e. The minimum atomic E-state index is -0.248. The number of hydrogen-bond acceptors (Lipinski definition) is 5. The average Bonchev–Trinajstić information content (AvgIpc) is 3.10. The second-order valence-corrected chi connectivity index (χ2v) is 7.26. The highest BCUT2D eigenvalue weighted by atomic mass is 32.2. The Morgan fingerprint density at radius 3 is 2.73 bits per heavy atom. The number of thioether (sulfide) groups is 1. The monoisotopic (exact) mass is 388 g/mol. The zero-order chi connectivity index (χ0) is 18.4. The lowest BCUT2D eigenvalue weighted by Gasteiger charge is -2.07. The Morgan fingerprint density at radius 1 is 1.19 bits per heavy atom. The molecule has 0 aliphatic carbocycles. The number of para-hydroxylation sites is 1. The maximum atomic E-state index is 12.9. The molecule has 0 aliphatic heterocycles. The van der Waals surface area contributed by atoms with Crippen LogP contribution in [0.15, 0.2) is 53.9 Å². The summed E-state index contributed by atoms with van der Waals surface area (Å²) in [6.45, 7) is 0. The normalized spacial score (nSPS) is 10.5. The van der Waals surface area contributed by atoms with Crippen LogP contribution >= 0.6 is 23.1 Å². The number of methoxy groups -OCH3 is 1. The predicted octanol–water partition coefficient (Wildman–Crippen LogP) is 4.98. The smallest absolute Gasteiger partial charge is 0.261 e. The maximum Gasteiger partial charge on any atom is 0.261 e. The Balaban J connectivity index is 1.54. The van der Waals surface area contributed by atoms with Crippen molar-refractivity contribution in [1.29, 1.82) is 0 Å². The molecular weight excluding hydrogens is 371 g/mol. The van der Waals surface area contributed by atoms with Crippen LogP contribution in [0.2, 0.25) is 0 Å². The van der Waals surface area contributed by atoms with Crippen LogP contribution in [0.1, 0.15) is 21.6 Å². The van der Waals surface area contributed by atoms with E-state index in [2.05, 4.69) is 10.3 Å². The van der Waals surface area contributed by atoms with Crippen molar-refractivity contribution in [3.05, 3.63) is 76.5 Å². The molecule has 26 heavy (non-hydrogen) atoms. The van der Waals surface area contributed by atoms with E-state index < -0.39 is 0 Å². The predicted molar refractivity (Wildman–Crippen MR) is 104 cm³/mol. The van der Waals surface area contributed by atoms with E-state index in [4.69, 9.17) is 4.74 Å². The fourth-order valence-corrected chi connectivity index (χ4v) is 3.98. The van der Waals surface area contributed by atoms with Crippen LogP contribution in [0.5, 0.6) is 5.75 Å². The lowest BCUT2D eigenvalue weighted by Crippen LogP contribution is -2.12. The largest absolute Gasteiger partial charge is 0.496 e. The molecule has 1 heterocycles. The van der Waals surface area contributed by atoms with Gasteiger partial charge in [-0.05, 0) is 29.8 Å². The number of ether oxygens (including phenoxy) is 1. The summed E-state index contributed by atoms with van der Waals surface area (Å²) in [7, 11) is 1.53. The Bertz CT molecular complexity index is 881. The highest BCUT2D eigenvalue weighted by molar-refractivity contribution is 7.97. The summed E-state index contributed by atoms with van der Waals surface area (Å²) < 4.78 is 18.1. The summed E-state index contributed by atoms with van der Waals surface area (Å²) in [5, 5.41) is 5.29. The van der Waals surface area contributed by atoms with Crippen LogP contribution in [0.25, 0.3) is 0 Å². The van der Waals surface area contributed by atoms with Crippen LogP contribution < -0.4 is 10.1 Å². The fourth-order valence-electron chi connectivity index (χ4n) is 2.28. The van der Waals surface area contributed by atoms with Crippen molar-refractivity contribution < 1.29 is 13.9 Å². The van der Waals surface area contributed by atoms with Crippen LogP contribution in [-0.4, -0.2) is 18.0 Å². The summed E-state index contributed by atoms with van der Waals surface area (Å²) in [6, 6.07) is 13.5. The van der Waals surface area contributed by atoms with Gasteiger partial charge >= 0.3 is 0 Å². The first-order chi connectivity index (χ1) is 12.7. The van der Waals surface area contributed by atoms with Gasteiger partial charge in [-0.2, -0.15) is 11.8 Å². The van der Waals surface area contributed by atoms with E-state index in [9.17, 15) is 9.18 Å². The molecule has 3 aromatic rings. The third-order valence-corrected chi connectivity index (χ3v) is 5.40. The average molecular weight is 388 g/mol. The van der Waals surface area contributed by atoms with Gasteiger partial charge in [-0.1, -0.05) is 24.3 Å². The van der Waals surface area contributed by atoms with Crippen molar-refractivity contribution in [3.8, 4) is 5.75 Å². The number of hydrogen-bond donors (Lipinski definition) is 1. The summed E-state index contributed by atoms with van der Waals surface area (Å²) in [5.74, 6) is 1.55. The molecule has 0 atom stereocenters. The summed E-state index contributed by atoms with van der Waals surface area (Å²) in [6.07, 6.45) is 0.